The lowest BCUT2D eigenvalue weighted by Gasteiger charge is -2.27. The Labute approximate surface area is 104 Å². The number of urea groups is 1. The van der Waals surface area contributed by atoms with Gasteiger partial charge in [0.2, 0.25) is 5.72 Å². The van der Waals surface area contributed by atoms with Crippen molar-refractivity contribution in [2.45, 2.75) is 12.3 Å². The van der Waals surface area contributed by atoms with Crippen LogP contribution in [0.5, 0.6) is 0 Å². The van der Waals surface area contributed by atoms with Crippen LogP contribution in [0.3, 0.4) is 0 Å². The topological polar surface area (TPSA) is 77.3 Å². The lowest BCUT2D eigenvalue weighted by atomic mass is 9.99. The summed E-state index contributed by atoms with van der Waals surface area (Å²) in [5, 5.41) is 20.5. The van der Waals surface area contributed by atoms with Crippen molar-refractivity contribution in [3.63, 3.8) is 0 Å². The summed E-state index contributed by atoms with van der Waals surface area (Å²) in [5.74, 6) is 0. The summed E-state index contributed by atoms with van der Waals surface area (Å²) in [7, 11) is 1.72. The number of azo groups is 1. The van der Waals surface area contributed by atoms with Crippen LogP contribution in [0, 0.1) is 0 Å². The lowest BCUT2D eigenvalue weighted by molar-refractivity contribution is 0.0978. The van der Waals surface area contributed by atoms with Crippen LogP contribution < -0.4 is 5.32 Å². The van der Waals surface area contributed by atoms with Gasteiger partial charge in [-0.3, -0.25) is 0 Å². The maximum absolute atomic E-state index is 11.5. The first kappa shape index (κ1) is 10.9. The number of nitrogens with zero attached hydrogens (tertiary/aromatic N) is 3. The predicted molar refractivity (Wildman–Crippen MR) is 64.8 cm³/mol. The maximum Gasteiger partial charge on any atom is 0.321 e. The van der Waals surface area contributed by atoms with Crippen LogP contribution in [-0.2, 0) is 12.3 Å². The zero-order valence-corrected chi connectivity index (χ0v) is 9.79. The molecule has 0 aromatic heterocycles. The summed E-state index contributed by atoms with van der Waals surface area (Å²) in [6.07, 6.45) is 2.99. The molecule has 1 atom stereocenters. The second kappa shape index (κ2) is 3.64. The molecule has 1 aromatic carbocycles. The van der Waals surface area contributed by atoms with Crippen molar-refractivity contribution in [1.29, 1.82) is 0 Å². The molecule has 0 saturated heterocycles. The van der Waals surface area contributed by atoms with E-state index in [1.165, 1.54) is 12.3 Å². The van der Waals surface area contributed by atoms with E-state index in [4.69, 9.17) is 0 Å². The largest absolute Gasteiger partial charge is 0.361 e. The minimum atomic E-state index is -1.38. The van der Waals surface area contributed by atoms with Crippen LogP contribution >= 0.6 is 0 Å². The molecule has 92 valence electrons. The van der Waals surface area contributed by atoms with Gasteiger partial charge in [0.25, 0.3) is 0 Å². The number of hydrogen-bond acceptors (Lipinski definition) is 4. The first-order chi connectivity index (χ1) is 8.58. The molecule has 1 unspecified atom stereocenters. The van der Waals surface area contributed by atoms with Crippen molar-refractivity contribution in [3.8, 4) is 0 Å². The van der Waals surface area contributed by atoms with Crippen LogP contribution in [0.1, 0.15) is 11.1 Å². The summed E-state index contributed by atoms with van der Waals surface area (Å²) < 4.78 is 0. The highest BCUT2D eigenvalue weighted by Gasteiger charge is 2.30. The molecule has 0 radical (unpaired) electrons. The molecular formula is C12H12N4O2. The number of nitrogens with one attached hydrogen (secondary N) is 1. The van der Waals surface area contributed by atoms with Gasteiger partial charge in [0.1, 0.15) is 0 Å². The highest BCUT2D eigenvalue weighted by atomic mass is 16.3. The Kier molecular flexibility index (Phi) is 2.21. The zero-order valence-electron chi connectivity index (χ0n) is 9.79. The molecule has 0 spiro atoms. The van der Waals surface area contributed by atoms with Crippen molar-refractivity contribution in [2.24, 2.45) is 10.2 Å². The Morgan fingerprint density at radius 3 is 3.06 bits per heavy atom. The van der Waals surface area contributed by atoms with Crippen LogP contribution in [0.25, 0.3) is 0 Å². The van der Waals surface area contributed by atoms with E-state index in [9.17, 15) is 9.90 Å². The van der Waals surface area contributed by atoms with Crippen molar-refractivity contribution in [2.75, 3.05) is 12.4 Å². The zero-order chi connectivity index (χ0) is 12.8. The number of benzene rings is 1. The molecule has 2 aliphatic heterocycles. The Morgan fingerprint density at radius 1 is 1.50 bits per heavy atom. The van der Waals surface area contributed by atoms with Gasteiger partial charge in [0.05, 0.1) is 6.20 Å². The van der Waals surface area contributed by atoms with E-state index in [2.05, 4.69) is 15.5 Å². The third-order valence-corrected chi connectivity index (χ3v) is 3.11. The molecule has 2 N–H and O–H groups in total. The Bertz CT molecular complexity index is 567. The third-order valence-electron chi connectivity index (χ3n) is 3.11. The van der Waals surface area contributed by atoms with E-state index in [0.29, 0.717) is 12.1 Å². The molecule has 2 heterocycles. The van der Waals surface area contributed by atoms with Gasteiger partial charge >= 0.3 is 6.03 Å². The van der Waals surface area contributed by atoms with E-state index in [1.807, 2.05) is 6.07 Å². The fourth-order valence-electron chi connectivity index (χ4n) is 2.06. The highest BCUT2D eigenvalue weighted by Crippen LogP contribution is 2.32. The molecule has 2 aliphatic rings. The average Bonchev–Trinajstić information content (AvgIpc) is 2.78. The number of hydrogen-bond donors (Lipinski definition) is 2. The molecule has 18 heavy (non-hydrogen) atoms. The third kappa shape index (κ3) is 1.58. The number of carbonyl (C=O) groups is 1. The summed E-state index contributed by atoms with van der Waals surface area (Å²) in [4.78, 5) is 13.1. The molecule has 0 bridgehead atoms. The van der Waals surface area contributed by atoms with Crippen LogP contribution in [0.2, 0.25) is 0 Å². The van der Waals surface area contributed by atoms with Gasteiger partial charge < -0.3 is 15.3 Å². The van der Waals surface area contributed by atoms with Gasteiger partial charge in [0.15, 0.2) is 0 Å². The van der Waals surface area contributed by atoms with Crippen LogP contribution in [-0.4, -0.2) is 23.1 Å². The minimum absolute atomic E-state index is 0.130. The fraction of sp³-hybridized carbons (Fsp3) is 0.250. The first-order valence-electron chi connectivity index (χ1n) is 5.56. The monoisotopic (exact) mass is 244 g/mol. The van der Waals surface area contributed by atoms with Gasteiger partial charge in [-0.05, 0) is 23.8 Å². The number of amides is 2. The molecule has 6 nitrogen and oxygen atoms in total. The molecule has 0 fully saturated rings. The molecule has 3 rings (SSSR count). The molecule has 1 aromatic rings. The first-order valence-corrected chi connectivity index (χ1v) is 5.56. The van der Waals surface area contributed by atoms with E-state index >= 15 is 0 Å². The molecule has 0 aliphatic carbocycles. The second-order valence-electron chi connectivity index (χ2n) is 4.42. The van der Waals surface area contributed by atoms with Crippen molar-refractivity contribution >= 4 is 11.7 Å². The molecule has 2 amide bonds. The Balaban J connectivity index is 2.02. The number of anilines is 1. The van der Waals surface area contributed by atoms with E-state index in [1.54, 1.807) is 24.1 Å². The fourth-order valence-corrected chi connectivity index (χ4v) is 2.06. The second-order valence-corrected chi connectivity index (χ2v) is 4.42. The summed E-state index contributed by atoms with van der Waals surface area (Å²) in [6, 6.07) is 5.21. The van der Waals surface area contributed by atoms with Crippen molar-refractivity contribution in [3.05, 3.63) is 41.6 Å². The minimum Gasteiger partial charge on any atom is -0.361 e. The van der Waals surface area contributed by atoms with Crippen molar-refractivity contribution in [1.82, 2.24) is 4.90 Å². The SMILES string of the molecule is CN1Cc2cc(C3(O)C=CN=N3)ccc2NC1=O. The maximum atomic E-state index is 11.5. The smallest absolute Gasteiger partial charge is 0.321 e. The Hall–Kier alpha value is -2.21. The highest BCUT2D eigenvalue weighted by molar-refractivity contribution is 5.92. The van der Waals surface area contributed by atoms with Gasteiger partial charge in [0, 0.05) is 24.8 Å². The number of carbonyl (C=O) groups excluding carboxylic acids is 1. The predicted octanol–water partition coefficient (Wildman–Crippen LogP) is 1.79. The molecule has 6 heteroatoms. The molecular weight excluding hydrogens is 232 g/mol. The quantitative estimate of drug-likeness (QED) is 0.790. The van der Waals surface area contributed by atoms with E-state index in [0.717, 1.165) is 11.3 Å². The standard InChI is InChI=1S/C12H12N4O2/c1-16-7-8-6-9(12(18)4-5-13-15-12)2-3-10(8)14-11(16)17/h2-6,18H,7H2,1H3,(H,14,17). The van der Waals surface area contributed by atoms with Crippen LogP contribution in [0.4, 0.5) is 10.5 Å². The van der Waals surface area contributed by atoms with Gasteiger partial charge in [-0.1, -0.05) is 6.07 Å². The number of rotatable bonds is 1. The summed E-state index contributed by atoms with van der Waals surface area (Å²) >= 11 is 0. The number of aliphatic hydroxyl groups is 1. The molecule has 0 saturated carbocycles. The van der Waals surface area contributed by atoms with Crippen LogP contribution in [0.15, 0.2) is 40.7 Å². The number of fused-ring (bicyclic) bond motifs is 1. The van der Waals surface area contributed by atoms with E-state index in [-0.39, 0.29) is 6.03 Å². The summed E-state index contributed by atoms with van der Waals surface area (Å²) in [5.41, 5.74) is 0.973. The van der Waals surface area contributed by atoms with Gasteiger partial charge in [-0.15, -0.1) is 5.11 Å². The van der Waals surface area contributed by atoms with Gasteiger partial charge in [-0.25, -0.2) is 4.79 Å². The lowest BCUT2D eigenvalue weighted by Crippen LogP contribution is -2.35. The Morgan fingerprint density at radius 2 is 2.33 bits per heavy atom. The van der Waals surface area contributed by atoms with Crippen molar-refractivity contribution < 1.29 is 9.90 Å². The average molecular weight is 244 g/mol. The normalized spacial score (nSPS) is 25.2. The van der Waals surface area contributed by atoms with Gasteiger partial charge in [-0.2, -0.15) is 5.11 Å². The summed E-state index contributed by atoms with van der Waals surface area (Å²) in [6.45, 7) is 0.506. The van der Waals surface area contributed by atoms with E-state index < -0.39 is 5.72 Å².